The minimum Gasteiger partial charge on any atom is -0.495 e. The zero-order chi connectivity index (χ0) is 20.5. The molecule has 1 aliphatic rings. The van der Waals surface area contributed by atoms with E-state index in [-0.39, 0.29) is 12.5 Å². The predicted molar refractivity (Wildman–Crippen MR) is 113 cm³/mol. The molecule has 0 bridgehead atoms. The van der Waals surface area contributed by atoms with Crippen LogP contribution in [-0.2, 0) is 11.3 Å². The van der Waals surface area contributed by atoms with Gasteiger partial charge in [-0.2, -0.15) is 5.10 Å². The molecule has 1 amide bonds. The van der Waals surface area contributed by atoms with Crippen LogP contribution in [0.25, 0.3) is 10.2 Å². The topological polar surface area (TPSA) is 72.7 Å². The van der Waals surface area contributed by atoms with E-state index in [1.807, 2.05) is 36.9 Å². The molecule has 8 nitrogen and oxygen atoms in total. The van der Waals surface area contributed by atoms with Gasteiger partial charge < -0.3 is 19.3 Å². The standard InChI is InChI=1S/C20H25N5O3S/c1-13-11-14(2)25(22-13)12-17(26)23-7-9-24(10-8-23)20-21-18-15(27-3)5-6-16(28-4)19(18)29-20/h5-6,11H,7-10,12H2,1-4H3. The first-order chi connectivity index (χ1) is 14.0. The molecule has 3 aromatic rings. The molecule has 1 aliphatic heterocycles. The smallest absolute Gasteiger partial charge is 0.244 e. The molecule has 4 rings (SSSR count). The summed E-state index contributed by atoms with van der Waals surface area (Å²) in [6, 6.07) is 5.76. The minimum atomic E-state index is 0.100. The monoisotopic (exact) mass is 415 g/mol. The summed E-state index contributed by atoms with van der Waals surface area (Å²) in [7, 11) is 3.31. The van der Waals surface area contributed by atoms with Crippen LogP contribution in [0.5, 0.6) is 11.5 Å². The number of rotatable bonds is 5. The van der Waals surface area contributed by atoms with E-state index in [1.54, 1.807) is 30.2 Å². The molecule has 0 unspecified atom stereocenters. The molecule has 0 saturated carbocycles. The van der Waals surface area contributed by atoms with E-state index >= 15 is 0 Å². The van der Waals surface area contributed by atoms with E-state index in [2.05, 4.69) is 10.00 Å². The zero-order valence-electron chi connectivity index (χ0n) is 17.1. The number of thiazole rings is 1. The Kier molecular flexibility index (Phi) is 5.31. The number of anilines is 1. The van der Waals surface area contributed by atoms with Crippen LogP contribution in [0.1, 0.15) is 11.4 Å². The Morgan fingerprint density at radius 2 is 1.79 bits per heavy atom. The van der Waals surface area contributed by atoms with Crippen molar-refractivity contribution in [3.63, 3.8) is 0 Å². The molecule has 2 aromatic heterocycles. The second-order valence-electron chi connectivity index (χ2n) is 7.10. The van der Waals surface area contributed by atoms with Crippen LogP contribution in [-0.4, -0.2) is 66.0 Å². The summed E-state index contributed by atoms with van der Waals surface area (Å²) in [4.78, 5) is 21.6. The third kappa shape index (κ3) is 3.74. The van der Waals surface area contributed by atoms with E-state index in [9.17, 15) is 4.79 Å². The summed E-state index contributed by atoms with van der Waals surface area (Å²) in [5.74, 6) is 1.63. The highest BCUT2D eigenvalue weighted by Crippen LogP contribution is 2.40. The Balaban J connectivity index is 1.45. The number of hydrogen-bond acceptors (Lipinski definition) is 7. The van der Waals surface area contributed by atoms with E-state index in [1.165, 1.54) is 0 Å². The van der Waals surface area contributed by atoms with Crippen molar-refractivity contribution in [2.24, 2.45) is 0 Å². The fourth-order valence-electron chi connectivity index (χ4n) is 3.62. The molecule has 0 N–H and O–H groups in total. The van der Waals surface area contributed by atoms with Gasteiger partial charge in [-0.25, -0.2) is 4.98 Å². The highest BCUT2D eigenvalue weighted by atomic mass is 32.1. The largest absolute Gasteiger partial charge is 0.495 e. The van der Waals surface area contributed by atoms with E-state index in [0.717, 1.165) is 51.3 Å². The maximum Gasteiger partial charge on any atom is 0.244 e. The molecule has 3 heterocycles. The number of aryl methyl sites for hydroxylation is 2. The lowest BCUT2D eigenvalue weighted by Gasteiger charge is -2.34. The summed E-state index contributed by atoms with van der Waals surface area (Å²) < 4.78 is 13.7. The fraction of sp³-hybridized carbons (Fsp3) is 0.450. The Bertz CT molecular complexity index is 995. The van der Waals surface area contributed by atoms with Crippen LogP contribution in [0.3, 0.4) is 0 Å². The van der Waals surface area contributed by atoms with Gasteiger partial charge in [-0.1, -0.05) is 11.3 Å². The highest BCUT2D eigenvalue weighted by molar-refractivity contribution is 7.22. The third-order valence-electron chi connectivity index (χ3n) is 5.19. The number of carbonyl (C=O) groups excluding carboxylic acids is 1. The lowest BCUT2D eigenvalue weighted by atomic mass is 10.3. The van der Waals surface area contributed by atoms with E-state index < -0.39 is 0 Å². The van der Waals surface area contributed by atoms with Gasteiger partial charge in [0.15, 0.2) is 5.13 Å². The predicted octanol–water partition coefficient (Wildman–Crippen LogP) is 2.48. The molecule has 154 valence electrons. The molecule has 0 spiro atoms. The van der Waals surface area contributed by atoms with Crippen molar-refractivity contribution in [3.8, 4) is 11.5 Å². The van der Waals surface area contributed by atoms with Crippen LogP contribution in [0.15, 0.2) is 18.2 Å². The second-order valence-corrected chi connectivity index (χ2v) is 8.07. The van der Waals surface area contributed by atoms with Crippen molar-refractivity contribution >= 4 is 32.6 Å². The van der Waals surface area contributed by atoms with Crippen LogP contribution in [0.4, 0.5) is 5.13 Å². The molecule has 29 heavy (non-hydrogen) atoms. The number of nitrogens with zero attached hydrogens (tertiary/aromatic N) is 5. The summed E-state index contributed by atoms with van der Waals surface area (Å²) in [6.07, 6.45) is 0. The Labute approximate surface area is 173 Å². The Morgan fingerprint density at radius 3 is 2.41 bits per heavy atom. The number of carbonyl (C=O) groups is 1. The van der Waals surface area contributed by atoms with Gasteiger partial charge in [0.1, 0.15) is 28.3 Å². The first-order valence-electron chi connectivity index (χ1n) is 9.55. The van der Waals surface area contributed by atoms with Crippen molar-refractivity contribution in [1.29, 1.82) is 0 Å². The Morgan fingerprint density at radius 1 is 1.10 bits per heavy atom. The van der Waals surface area contributed by atoms with Gasteiger partial charge in [-0.15, -0.1) is 0 Å². The van der Waals surface area contributed by atoms with Gasteiger partial charge >= 0.3 is 0 Å². The molecular weight excluding hydrogens is 390 g/mol. The van der Waals surface area contributed by atoms with Crippen molar-refractivity contribution in [2.75, 3.05) is 45.3 Å². The molecule has 1 aromatic carbocycles. The average molecular weight is 416 g/mol. The number of piperazine rings is 1. The van der Waals surface area contributed by atoms with Crippen LogP contribution >= 0.6 is 11.3 Å². The number of benzene rings is 1. The number of ether oxygens (including phenoxy) is 2. The molecular formula is C20H25N5O3S. The van der Waals surface area contributed by atoms with Crippen LogP contribution in [0, 0.1) is 13.8 Å². The molecule has 0 radical (unpaired) electrons. The molecule has 0 aliphatic carbocycles. The van der Waals surface area contributed by atoms with Gasteiger partial charge in [-0.3, -0.25) is 9.48 Å². The summed E-state index contributed by atoms with van der Waals surface area (Å²) >= 11 is 1.59. The number of methoxy groups -OCH3 is 2. The third-order valence-corrected chi connectivity index (χ3v) is 6.32. The normalized spacial score (nSPS) is 14.5. The molecule has 1 fully saturated rings. The first kappa shape index (κ1) is 19.5. The number of aromatic nitrogens is 3. The first-order valence-corrected chi connectivity index (χ1v) is 10.4. The van der Waals surface area contributed by atoms with Gasteiger partial charge in [0.2, 0.25) is 5.91 Å². The average Bonchev–Trinajstić information content (AvgIpc) is 3.30. The van der Waals surface area contributed by atoms with E-state index in [0.29, 0.717) is 13.1 Å². The summed E-state index contributed by atoms with van der Waals surface area (Å²) in [5, 5.41) is 5.32. The van der Waals surface area contributed by atoms with E-state index in [4.69, 9.17) is 14.5 Å². The van der Waals surface area contributed by atoms with Gasteiger partial charge in [0, 0.05) is 31.9 Å². The van der Waals surface area contributed by atoms with Crippen molar-refractivity contribution < 1.29 is 14.3 Å². The summed E-state index contributed by atoms with van der Waals surface area (Å²) in [5.41, 5.74) is 2.75. The second kappa shape index (κ2) is 7.90. The molecule has 0 atom stereocenters. The SMILES string of the molecule is COc1ccc(OC)c2sc(N3CCN(C(=O)Cn4nc(C)cc4C)CC3)nc12. The number of hydrogen-bond donors (Lipinski definition) is 0. The molecule has 9 heteroatoms. The lowest BCUT2D eigenvalue weighted by Crippen LogP contribution is -2.49. The molecule has 1 saturated heterocycles. The number of amides is 1. The van der Waals surface area contributed by atoms with Gasteiger partial charge in [0.05, 0.1) is 19.9 Å². The van der Waals surface area contributed by atoms with Crippen molar-refractivity contribution in [2.45, 2.75) is 20.4 Å². The highest BCUT2D eigenvalue weighted by Gasteiger charge is 2.25. The maximum absolute atomic E-state index is 12.7. The number of fused-ring (bicyclic) bond motifs is 1. The summed E-state index contributed by atoms with van der Waals surface area (Å²) in [6.45, 7) is 7.02. The van der Waals surface area contributed by atoms with Gasteiger partial charge in [-0.05, 0) is 32.0 Å². The van der Waals surface area contributed by atoms with Crippen LogP contribution < -0.4 is 14.4 Å². The van der Waals surface area contributed by atoms with Gasteiger partial charge in [0.25, 0.3) is 0 Å². The minimum absolute atomic E-state index is 0.100. The quantitative estimate of drug-likeness (QED) is 0.638. The zero-order valence-corrected chi connectivity index (χ0v) is 18.0. The Hall–Kier alpha value is -2.81. The maximum atomic E-state index is 12.7. The van der Waals surface area contributed by atoms with Crippen molar-refractivity contribution in [1.82, 2.24) is 19.7 Å². The fourth-order valence-corrected chi connectivity index (χ4v) is 4.75. The lowest BCUT2D eigenvalue weighted by molar-refractivity contribution is -0.132. The van der Waals surface area contributed by atoms with Crippen molar-refractivity contribution in [3.05, 3.63) is 29.6 Å². The van der Waals surface area contributed by atoms with Crippen LogP contribution in [0.2, 0.25) is 0 Å².